The van der Waals surface area contributed by atoms with Crippen molar-refractivity contribution in [3.63, 3.8) is 0 Å². The van der Waals surface area contributed by atoms with Gasteiger partial charge in [-0.15, -0.1) is 0 Å². The number of amides is 2. The third kappa shape index (κ3) is 7.89. The number of carbonyl (C=O) groups is 2. The zero-order valence-corrected chi connectivity index (χ0v) is 16.8. The van der Waals surface area contributed by atoms with Crippen molar-refractivity contribution in [1.82, 2.24) is 15.6 Å². The summed E-state index contributed by atoms with van der Waals surface area (Å²) in [6.07, 6.45) is -3.66. The summed E-state index contributed by atoms with van der Waals surface area (Å²) in [5, 5.41) is 4.93. The van der Waals surface area contributed by atoms with E-state index in [1.165, 1.54) is 18.2 Å². The summed E-state index contributed by atoms with van der Waals surface area (Å²) in [6.45, 7) is 3.27. The van der Waals surface area contributed by atoms with Crippen molar-refractivity contribution in [2.24, 2.45) is 0 Å². The van der Waals surface area contributed by atoms with Crippen LogP contribution in [-0.4, -0.2) is 29.9 Å². The lowest BCUT2D eigenvalue weighted by molar-refractivity contribution is -0.137. The Kier molecular flexibility index (Phi) is 8.38. The fourth-order valence-electron chi connectivity index (χ4n) is 2.23. The van der Waals surface area contributed by atoms with Gasteiger partial charge in [0.05, 0.1) is 22.8 Å². The van der Waals surface area contributed by atoms with Gasteiger partial charge in [-0.25, -0.2) is 4.39 Å². The summed E-state index contributed by atoms with van der Waals surface area (Å²) in [6, 6.07) is 5.80. The van der Waals surface area contributed by atoms with Crippen molar-refractivity contribution in [2.75, 3.05) is 13.2 Å². The molecule has 2 N–H and O–H groups in total. The molecule has 31 heavy (non-hydrogen) atoms. The summed E-state index contributed by atoms with van der Waals surface area (Å²) in [4.78, 5) is 27.4. The first-order valence-electron chi connectivity index (χ1n) is 8.89. The average molecular weight is 460 g/mol. The van der Waals surface area contributed by atoms with E-state index in [0.29, 0.717) is 6.20 Å². The lowest BCUT2D eigenvalue weighted by Crippen LogP contribution is -2.31. The lowest BCUT2D eigenvalue weighted by Gasteiger charge is -2.10. The van der Waals surface area contributed by atoms with Crippen LogP contribution in [0.3, 0.4) is 0 Å². The normalized spacial score (nSPS) is 11.0. The van der Waals surface area contributed by atoms with Gasteiger partial charge in [-0.2, -0.15) is 13.2 Å². The van der Waals surface area contributed by atoms with Crippen LogP contribution < -0.4 is 15.4 Å². The van der Waals surface area contributed by atoms with Crippen molar-refractivity contribution in [2.45, 2.75) is 19.1 Å². The van der Waals surface area contributed by atoms with Gasteiger partial charge in [0.15, 0.2) is 6.61 Å². The standard InChI is InChI=1S/C20H18ClF4N3O3/c1-12(19(30)28-10-14-3-2-13(9-27-14)20(23,24)25)6-7-26-18(29)11-31-15-4-5-16(21)17(22)8-15/h2-5,8-9H,1,6-7,10-11H2,(H,26,29)(H,28,30). The van der Waals surface area contributed by atoms with Gasteiger partial charge < -0.3 is 15.4 Å². The van der Waals surface area contributed by atoms with E-state index < -0.39 is 29.4 Å². The molecule has 1 aromatic heterocycles. The Hall–Kier alpha value is -3.14. The minimum atomic E-state index is -4.48. The molecule has 0 saturated carbocycles. The van der Waals surface area contributed by atoms with Gasteiger partial charge in [-0.3, -0.25) is 14.6 Å². The smallest absolute Gasteiger partial charge is 0.417 e. The molecule has 0 fully saturated rings. The predicted molar refractivity (Wildman–Crippen MR) is 105 cm³/mol. The maximum atomic E-state index is 13.3. The topological polar surface area (TPSA) is 80.3 Å². The van der Waals surface area contributed by atoms with E-state index in [9.17, 15) is 27.2 Å². The van der Waals surface area contributed by atoms with E-state index >= 15 is 0 Å². The number of alkyl halides is 3. The van der Waals surface area contributed by atoms with Crippen LogP contribution >= 0.6 is 11.6 Å². The summed E-state index contributed by atoms with van der Waals surface area (Å²) in [7, 11) is 0. The number of ether oxygens (including phenoxy) is 1. The third-order valence-corrected chi connectivity index (χ3v) is 4.22. The first-order valence-corrected chi connectivity index (χ1v) is 9.26. The number of aromatic nitrogens is 1. The minimum absolute atomic E-state index is 0.0670. The number of halogens is 5. The second kappa shape index (κ2) is 10.8. The number of nitrogens with one attached hydrogen (secondary N) is 2. The molecule has 0 spiro atoms. The Morgan fingerprint density at radius 2 is 1.90 bits per heavy atom. The number of hydrogen-bond acceptors (Lipinski definition) is 4. The molecule has 1 aromatic carbocycles. The van der Waals surface area contributed by atoms with Crippen LogP contribution in [0.4, 0.5) is 17.6 Å². The quantitative estimate of drug-likeness (QED) is 0.443. The third-order valence-electron chi connectivity index (χ3n) is 3.91. The van der Waals surface area contributed by atoms with E-state index in [-0.39, 0.29) is 48.2 Å². The fourth-order valence-corrected chi connectivity index (χ4v) is 2.34. The largest absolute Gasteiger partial charge is 0.484 e. The molecule has 0 bridgehead atoms. The molecule has 166 valence electrons. The number of benzene rings is 1. The van der Waals surface area contributed by atoms with Crippen LogP contribution in [0.1, 0.15) is 17.7 Å². The Labute approximate surface area is 180 Å². The molecule has 0 unspecified atom stereocenters. The minimum Gasteiger partial charge on any atom is -0.484 e. The molecule has 0 radical (unpaired) electrons. The monoisotopic (exact) mass is 459 g/mol. The molecule has 2 aromatic rings. The van der Waals surface area contributed by atoms with Crippen molar-refractivity contribution >= 4 is 23.4 Å². The molecule has 2 amide bonds. The van der Waals surface area contributed by atoms with E-state index in [2.05, 4.69) is 22.2 Å². The van der Waals surface area contributed by atoms with Crippen LogP contribution in [-0.2, 0) is 22.3 Å². The van der Waals surface area contributed by atoms with Crippen LogP contribution in [0.25, 0.3) is 0 Å². The van der Waals surface area contributed by atoms with Gasteiger partial charge in [0.2, 0.25) is 5.91 Å². The highest BCUT2D eigenvalue weighted by Crippen LogP contribution is 2.28. The van der Waals surface area contributed by atoms with Gasteiger partial charge in [-0.05, 0) is 30.7 Å². The zero-order valence-electron chi connectivity index (χ0n) is 16.1. The number of nitrogens with zero attached hydrogens (tertiary/aromatic N) is 1. The van der Waals surface area contributed by atoms with Crippen molar-refractivity contribution in [3.05, 3.63) is 70.8 Å². The Morgan fingerprint density at radius 3 is 2.52 bits per heavy atom. The zero-order chi connectivity index (χ0) is 23.0. The number of pyridine rings is 1. The van der Waals surface area contributed by atoms with Gasteiger partial charge in [0.25, 0.3) is 5.91 Å². The van der Waals surface area contributed by atoms with Gasteiger partial charge in [0, 0.05) is 24.4 Å². The summed E-state index contributed by atoms with van der Waals surface area (Å²) < 4.78 is 55.9. The van der Waals surface area contributed by atoms with Crippen molar-refractivity contribution in [3.8, 4) is 5.75 Å². The van der Waals surface area contributed by atoms with Crippen LogP contribution in [0.15, 0.2) is 48.7 Å². The Morgan fingerprint density at radius 1 is 1.16 bits per heavy atom. The molecule has 0 saturated heterocycles. The van der Waals surface area contributed by atoms with E-state index in [0.717, 1.165) is 12.1 Å². The summed E-state index contributed by atoms with van der Waals surface area (Å²) in [5.74, 6) is -1.55. The molecular formula is C20H18ClF4N3O3. The Bertz CT molecular complexity index is 950. The molecule has 0 aliphatic heterocycles. The summed E-state index contributed by atoms with van der Waals surface area (Å²) in [5.41, 5.74) is -0.473. The molecule has 0 atom stereocenters. The average Bonchev–Trinajstić information content (AvgIpc) is 2.72. The highest BCUT2D eigenvalue weighted by atomic mass is 35.5. The molecular weight excluding hydrogens is 442 g/mol. The molecule has 2 rings (SSSR count). The summed E-state index contributed by atoms with van der Waals surface area (Å²) >= 11 is 5.55. The molecule has 6 nitrogen and oxygen atoms in total. The predicted octanol–water partition coefficient (Wildman–Crippen LogP) is 3.65. The second-order valence-corrected chi connectivity index (χ2v) is 6.69. The Balaban J connectivity index is 1.67. The first-order chi connectivity index (χ1) is 14.6. The maximum Gasteiger partial charge on any atom is 0.417 e. The highest BCUT2D eigenvalue weighted by Gasteiger charge is 2.30. The van der Waals surface area contributed by atoms with Gasteiger partial charge >= 0.3 is 6.18 Å². The van der Waals surface area contributed by atoms with Gasteiger partial charge in [-0.1, -0.05) is 18.2 Å². The van der Waals surface area contributed by atoms with Crippen molar-refractivity contribution in [1.29, 1.82) is 0 Å². The van der Waals surface area contributed by atoms with Crippen LogP contribution in [0.5, 0.6) is 5.75 Å². The molecule has 11 heteroatoms. The van der Waals surface area contributed by atoms with Crippen LogP contribution in [0, 0.1) is 5.82 Å². The van der Waals surface area contributed by atoms with Crippen molar-refractivity contribution < 1.29 is 31.9 Å². The first kappa shape index (κ1) is 24.1. The number of carbonyl (C=O) groups excluding carboxylic acids is 2. The van der Waals surface area contributed by atoms with Gasteiger partial charge in [0.1, 0.15) is 11.6 Å². The molecule has 0 aliphatic rings. The van der Waals surface area contributed by atoms with E-state index in [1.807, 2.05) is 0 Å². The number of rotatable bonds is 9. The fraction of sp³-hybridized carbons (Fsp3) is 0.250. The maximum absolute atomic E-state index is 13.3. The second-order valence-electron chi connectivity index (χ2n) is 6.29. The molecule has 1 heterocycles. The number of hydrogen-bond donors (Lipinski definition) is 2. The SMILES string of the molecule is C=C(CCNC(=O)COc1ccc(Cl)c(F)c1)C(=O)NCc1ccc(C(F)(F)F)cn1. The molecule has 0 aliphatic carbocycles. The highest BCUT2D eigenvalue weighted by molar-refractivity contribution is 6.30. The van der Waals surface area contributed by atoms with E-state index in [4.69, 9.17) is 16.3 Å². The van der Waals surface area contributed by atoms with Crippen LogP contribution in [0.2, 0.25) is 5.02 Å². The van der Waals surface area contributed by atoms with E-state index in [1.54, 1.807) is 0 Å². The lowest BCUT2D eigenvalue weighted by atomic mass is 10.2.